The highest BCUT2D eigenvalue weighted by atomic mass is 35.5. The van der Waals surface area contributed by atoms with E-state index in [0.29, 0.717) is 60.3 Å². The summed E-state index contributed by atoms with van der Waals surface area (Å²) < 4.78 is 36.0. The minimum atomic E-state index is -0.569. The van der Waals surface area contributed by atoms with E-state index in [-0.39, 0.29) is 40.6 Å². The van der Waals surface area contributed by atoms with Gasteiger partial charge in [-0.3, -0.25) is 10.00 Å². The van der Waals surface area contributed by atoms with E-state index in [1.54, 1.807) is 13.1 Å². The molecule has 13 heteroatoms. The van der Waals surface area contributed by atoms with Crippen molar-refractivity contribution in [3.63, 3.8) is 0 Å². The van der Waals surface area contributed by atoms with Crippen LogP contribution in [0.3, 0.4) is 0 Å². The summed E-state index contributed by atoms with van der Waals surface area (Å²) in [4.78, 5) is 19.2. The molecule has 246 valence electrons. The van der Waals surface area contributed by atoms with Gasteiger partial charge in [0.25, 0.3) is 0 Å². The van der Waals surface area contributed by atoms with E-state index >= 15 is 4.39 Å². The summed E-state index contributed by atoms with van der Waals surface area (Å²) in [5, 5.41) is 19.0. The first-order valence-corrected chi connectivity index (χ1v) is 17.1. The molecule has 0 spiro atoms. The fraction of sp³-hybridized carbons (Fsp3) is 0.529. The van der Waals surface area contributed by atoms with Crippen LogP contribution in [0.1, 0.15) is 56.9 Å². The number of pyridine rings is 1. The number of hydrogen-bond acceptors (Lipinski definition) is 10. The summed E-state index contributed by atoms with van der Waals surface area (Å²) in [7, 11) is 0. The lowest BCUT2D eigenvalue weighted by molar-refractivity contribution is 0.108. The van der Waals surface area contributed by atoms with Gasteiger partial charge in [-0.1, -0.05) is 23.3 Å². The van der Waals surface area contributed by atoms with Gasteiger partial charge < -0.3 is 24.2 Å². The highest BCUT2D eigenvalue weighted by Crippen LogP contribution is 2.51. The van der Waals surface area contributed by atoms with E-state index in [4.69, 9.17) is 40.8 Å². The molecule has 1 aromatic carbocycles. The van der Waals surface area contributed by atoms with Crippen LogP contribution >= 0.6 is 11.6 Å². The Balaban J connectivity index is 1.20. The van der Waals surface area contributed by atoms with E-state index in [9.17, 15) is 5.11 Å². The molecular weight excluding hydrogens is 625 g/mol. The summed E-state index contributed by atoms with van der Waals surface area (Å²) in [5.74, 6) is 0.487. The van der Waals surface area contributed by atoms with Crippen LogP contribution in [0.5, 0.6) is 11.9 Å². The molecule has 5 aliphatic rings. The lowest BCUT2D eigenvalue weighted by Crippen LogP contribution is -2.43. The van der Waals surface area contributed by atoms with Gasteiger partial charge >= 0.3 is 6.01 Å². The molecule has 3 aromatic heterocycles. The SMILES string of the molecule is C[C@@H](O)/C=C1\CN2CCC[C@@]2(COc2nc3c4c(nc(-c5c(C6CC6)c(Cl)cc6[nH]ncc56)c(F)c4n2)OC[C@@H]2COCCCN32)C1. The third kappa shape index (κ3) is 4.94. The van der Waals surface area contributed by atoms with Crippen molar-refractivity contribution in [1.82, 2.24) is 30.0 Å². The van der Waals surface area contributed by atoms with Crippen molar-refractivity contribution >= 4 is 39.2 Å². The molecule has 3 saturated heterocycles. The molecule has 4 fully saturated rings. The van der Waals surface area contributed by atoms with Gasteiger partial charge in [0, 0.05) is 35.7 Å². The van der Waals surface area contributed by atoms with Gasteiger partial charge in [0.1, 0.15) is 35.6 Å². The number of nitrogens with one attached hydrogen (secondary N) is 1. The quantitative estimate of drug-likeness (QED) is 0.268. The van der Waals surface area contributed by atoms with Crippen LogP contribution in [0.2, 0.25) is 5.02 Å². The predicted octanol–water partition coefficient (Wildman–Crippen LogP) is 5.15. The highest BCUT2D eigenvalue weighted by Gasteiger charge is 2.47. The van der Waals surface area contributed by atoms with Crippen LogP contribution in [0.25, 0.3) is 33.1 Å². The van der Waals surface area contributed by atoms with Crippen molar-refractivity contribution in [2.24, 2.45) is 0 Å². The molecule has 0 unspecified atom stereocenters. The Morgan fingerprint density at radius 3 is 2.98 bits per heavy atom. The Morgan fingerprint density at radius 1 is 1.23 bits per heavy atom. The first-order valence-electron chi connectivity index (χ1n) is 16.7. The zero-order valence-corrected chi connectivity index (χ0v) is 27.0. The number of hydrogen-bond donors (Lipinski definition) is 2. The number of ether oxygens (including phenoxy) is 3. The van der Waals surface area contributed by atoms with Crippen molar-refractivity contribution in [1.29, 1.82) is 0 Å². The number of aromatic nitrogens is 5. The zero-order valence-electron chi connectivity index (χ0n) is 26.3. The van der Waals surface area contributed by atoms with E-state index in [0.717, 1.165) is 62.6 Å². The van der Waals surface area contributed by atoms with Gasteiger partial charge in [-0.25, -0.2) is 9.37 Å². The Labute approximate surface area is 276 Å². The van der Waals surface area contributed by atoms with Crippen LogP contribution in [-0.4, -0.2) is 98.9 Å². The number of aliphatic hydroxyl groups excluding tert-OH is 1. The molecule has 4 aromatic rings. The highest BCUT2D eigenvalue weighted by molar-refractivity contribution is 6.33. The van der Waals surface area contributed by atoms with Crippen LogP contribution in [0.4, 0.5) is 10.2 Å². The molecule has 11 nitrogen and oxygen atoms in total. The standard InChI is InChI=1S/C34H37ClFN7O4/c1-18(44)10-19-12-34(6-2-7-42(34)14-19)17-47-33-39-30-27-31(40-33)43-8-3-9-45-15-21(43)16-46-32(27)38-29(28(30)36)26-22-13-37-41-24(22)11-23(35)25(26)20-4-5-20/h10-11,13,18,20-21,44H,2-9,12,14-17H2,1H3,(H,37,41)/b19-10-/t18-,21+,34+/m1/s1. The van der Waals surface area contributed by atoms with E-state index in [2.05, 4.69) is 20.0 Å². The molecular formula is C34H37ClFN7O4. The van der Waals surface area contributed by atoms with Crippen molar-refractivity contribution in [3.8, 4) is 23.1 Å². The second-order valence-corrected chi connectivity index (χ2v) is 14.2. The largest absolute Gasteiger partial charge is 0.475 e. The van der Waals surface area contributed by atoms with Crippen LogP contribution in [0, 0.1) is 5.82 Å². The maximum absolute atomic E-state index is 17.2. The topological polar surface area (TPSA) is 122 Å². The molecule has 1 saturated carbocycles. The number of benzene rings is 1. The second-order valence-electron chi connectivity index (χ2n) is 13.8. The number of H-pyrrole nitrogens is 1. The molecule has 9 rings (SSSR count). The lowest BCUT2D eigenvalue weighted by Gasteiger charge is -2.31. The predicted molar refractivity (Wildman–Crippen MR) is 175 cm³/mol. The minimum absolute atomic E-state index is 0.107. The minimum Gasteiger partial charge on any atom is -0.475 e. The molecule has 0 amide bonds. The van der Waals surface area contributed by atoms with Crippen molar-refractivity contribution < 1.29 is 23.7 Å². The number of halogens is 2. The molecule has 2 N–H and O–H groups in total. The van der Waals surface area contributed by atoms with Crippen molar-refractivity contribution in [2.45, 2.75) is 69.1 Å². The molecule has 3 atom stereocenters. The lowest BCUT2D eigenvalue weighted by atomic mass is 9.93. The van der Waals surface area contributed by atoms with Crippen LogP contribution in [-0.2, 0) is 4.74 Å². The van der Waals surface area contributed by atoms with Crippen molar-refractivity contribution in [2.75, 3.05) is 51.0 Å². The Kier molecular flexibility index (Phi) is 7.08. The van der Waals surface area contributed by atoms with Crippen LogP contribution < -0.4 is 14.4 Å². The van der Waals surface area contributed by atoms with Gasteiger partial charge in [-0.15, -0.1) is 0 Å². The fourth-order valence-electron chi connectivity index (χ4n) is 8.20. The maximum Gasteiger partial charge on any atom is 0.319 e. The zero-order chi connectivity index (χ0) is 31.9. The van der Waals surface area contributed by atoms with Gasteiger partial charge in [0.2, 0.25) is 5.88 Å². The first-order chi connectivity index (χ1) is 22.9. The Hall–Kier alpha value is -3.58. The van der Waals surface area contributed by atoms with E-state index < -0.39 is 11.9 Å². The monoisotopic (exact) mass is 661 g/mol. The average Bonchev–Trinajstić information content (AvgIpc) is 3.64. The maximum atomic E-state index is 17.2. The van der Waals surface area contributed by atoms with Gasteiger partial charge in [-0.05, 0) is 69.5 Å². The second kappa shape index (κ2) is 11.3. The Morgan fingerprint density at radius 2 is 2.13 bits per heavy atom. The van der Waals surface area contributed by atoms with Gasteiger partial charge in [0.05, 0.1) is 36.0 Å². The number of aliphatic hydroxyl groups is 1. The molecule has 7 heterocycles. The van der Waals surface area contributed by atoms with Gasteiger partial charge in [0.15, 0.2) is 5.82 Å². The van der Waals surface area contributed by atoms with E-state index in [1.807, 2.05) is 12.1 Å². The molecule has 4 aliphatic heterocycles. The molecule has 1 aliphatic carbocycles. The normalized spacial score (nSPS) is 25.9. The molecule has 0 bridgehead atoms. The van der Waals surface area contributed by atoms with E-state index in [1.165, 1.54) is 5.57 Å². The molecule has 0 radical (unpaired) electrons. The summed E-state index contributed by atoms with van der Waals surface area (Å²) in [6.45, 7) is 5.98. The number of aromatic amines is 1. The third-order valence-corrected chi connectivity index (χ3v) is 10.7. The molecule has 47 heavy (non-hydrogen) atoms. The van der Waals surface area contributed by atoms with Crippen molar-refractivity contribution in [3.05, 3.63) is 40.3 Å². The summed E-state index contributed by atoms with van der Waals surface area (Å²) >= 11 is 6.85. The van der Waals surface area contributed by atoms with Gasteiger partial charge in [-0.2, -0.15) is 15.1 Å². The Bertz CT molecular complexity index is 1930. The smallest absolute Gasteiger partial charge is 0.319 e. The summed E-state index contributed by atoms with van der Waals surface area (Å²) in [6.07, 6.45) is 8.73. The summed E-state index contributed by atoms with van der Waals surface area (Å²) in [5.41, 5.74) is 3.45. The van der Waals surface area contributed by atoms with Crippen LogP contribution in [0.15, 0.2) is 23.9 Å². The number of rotatable bonds is 6. The number of nitrogens with zero attached hydrogens (tertiary/aromatic N) is 6. The summed E-state index contributed by atoms with van der Waals surface area (Å²) in [6, 6.07) is 1.84. The average molecular weight is 662 g/mol. The fourth-order valence-corrected chi connectivity index (χ4v) is 8.56. The third-order valence-electron chi connectivity index (χ3n) is 10.4. The number of anilines is 1. The first kappa shape index (κ1) is 29.6. The number of fused-ring (bicyclic) bond motifs is 4.